The van der Waals surface area contributed by atoms with Gasteiger partial charge in [0.1, 0.15) is 13.0 Å². The summed E-state index contributed by atoms with van der Waals surface area (Å²) < 4.78 is 21.1. The van der Waals surface area contributed by atoms with Crippen LogP contribution in [0.5, 0.6) is 0 Å². The third-order valence-electron chi connectivity index (χ3n) is 10.1. The van der Waals surface area contributed by atoms with Crippen LogP contribution < -0.4 is 5.46 Å². The lowest BCUT2D eigenvalue weighted by molar-refractivity contribution is -0.0387. The van der Waals surface area contributed by atoms with Gasteiger partial charge in [0, 0.05) is 43.0 Å². The third kappa shape index (κ3) is 6.28. The molecule has 6 nitrogen and oxygen atoms in total. The van der Waals surface area contributed by atoms with Gasteiger partial charge in [-0.2, -0.15) is 0 Å². The normalized spacial score (nSPS) is 18.6. The SMILES string of the molecule is CC1(C)OB(c2cc(-c3cn(COCC[Si](C)(C)C)c4cc(Cl)c(-c5ccc(C6(O)CCC6)cc5)cc34)ccc2C=O)OC1(C)C. The number of nitrogens with zero attached hydrogens (tertiary/aromatic N) is 1. The van der Waals surface area contributed by atoms with Crippen LogP contribution in [0.15, 0.2) is 60.8 Å². The van der Waals surface area contributed by atoms with E-state index < -0.39 is 32.0 Å². The fourth-order valence-electron chi connectivity index (χ4n) is 6.19. The van der Waals surface area contributed by atoms with Crippen LogP contribution in [0.1, 0.15) is 62.9 Å². The Bertz CT molecular complexity index is 1760. The summed E-state index contributed by atoms with van der Waals surface area (Å²) in [5.41, 5.74) is 5.22. The number of aliphatic hydroxyl groups is 1. The molecule has 0 unspecified atom stereocenters. The number of carbonyl (C=O) groups is 1. The number of halogens is 1. The Morgan fingerprint density at radius 3 is 2.20 bits per heavy atom. The summed E-state index contributed by atoms with van der Waals surface area (Å²) >= 11 is 6.99. The number of fused-ring (bicyclic) bond motifs is 1. The monoisotopic (exact) mass is 657 g/mol. The summed E-state index contributed by atoms with van der Waals surface area (Å²) in [7, 11) is -1.91. The molecule has 1 saturated carbocycles. The van der Waals surface area contributed by atoms with Gasteiger partial charge in [-0.3, -0.25) is 4.79 Å². The van der Waals surface area contributed by atoms with Gasteiger partial charge in [-0.25, -0.2) is 0 Å². The molecular formula is C37H45BClNO5Si. The van der Waals surface area contributed by atoms with Crippen LogP contribution >= 0.6 is 11.6 Å². The molecule has 1 N–H and O–H groups in total. The quantitative estimate of drug-likeness (QED) is 0.105. The standard InChI is InChI=1S/C37H45BClNO5Si/c1-35(2)36(3,4)45-38(44-35)32-19-26(9-10-27(32)23-41)31-22-40(24-43-17-18-46(5,6)7)34-21-33(39)29(20-30(31)34)25-11-13-28(14-12-25)37(42)15-8-16-37/h9-14,19-23,42H,8,15-18,24H2,1-7H3. The third-order valence-corrected chi connectivity index (χ3v) is 12.2. The molecule has 1 saturated heterocycles. The number of rotatable bonds is 10. The van der Waals surface area contributed by atoms with Gasteiger partial charge in [-0.05, 0) is 87.3 Å². The summed E-state index contributed by atoms with van der Waals surface area (Å²) in [6.45, 7) is 16.2. The zero-order valence-corrected chi connectivity index (χ0v) is 29.8. The predicted molar refractivity (Wildman–Crippen MR) is 191 cm³/mol. The van der Waals surface area contributed by atoms with Crippen molar-refractivity contribution in [3.8, 4) is 22.3 Å². The van der Waals surface area contributed by atoms with E-state index in [2.05, 4.69) is 36.5 Å². The second kappa shape index (κ2) is 12.1. The van der Waals surface area contributed by atoms with E-state index in [1.54, 1.807) is 0 Å². The molecule has 0 bridgehead atoms. The molecule has 0 amide bonds. The number of aldehydes is 1. The Labute approximate surface area is 279 Å². The molecule has 6 rings (SSSR count). The number of carbonyl (C=O) groups excluding carboxylic acids is 1. The number of hydrogen-bond donors (Lipinski definition) is 1. The fourth-order valence-corrected chi connectivity index (χ4v) is 7.22. The minimum absolute atomic E-state index is 0.403. The highest BCUT2D eigenvalue weighted by Crippen LogP contribution is 2.43. The topological polar surface area (TPSA) is 69.9 Å². The van der Waals surface area contributed by atoms with Crippen LogP contribution in [0.3, 0.4) is 0 Å². The van der Waals surface area contributed by atoms with Crippen LogP contribution in [0.2, 0.25) is 30.7 Å². The summed E-state index contributed by atoms with van der Waals surface area (Å²) in [5.74, 6) is 0. The van der Waals surface area contributed by atoms with Crippen LogP contribution in [-0.2, 0) is 26.4 Å². The van der Waals surface area contributed by atoms with E-state index in [-0.39, 0.29) is 0 Å². The summed E-state index contributed by atoms with van der Waals surface area (Å²) in [5, 5.41) is 12.5. The molecule has 46 heavy (non-hydrogen) atoms. The molecule has 0 spiro atoms. The molecule has 1 aliphatic carbocycles. The van der Waals surface area contributed by atoms with Crippen molar-refractivity contribution in [3.63, 3.8) is 0 Å². The number of hydrogen-bond acceptors (Lipinski definition) is 5. The van der Waals surface area contributed by atoms with Crippen molar-refractivity contribution in [2.24, 2.45) is 0 Å². The van der Waals surface area contributed by atoms with E-state index in [1.807, 2.05) is 76.2 Å². The van der Waals surface area contributed by atoms with Gasteiger partial charge in [0.15, 0.2) is 0 Å². The minimum Gasteiger partial charge on any atom is -0.399 e. The molecule has 1 aliphatic heterocycles. The Morgan fingerprint density at radius 1 is 0.957 bits per heavy atom. The fraction of sp³-hybridized carbons (Fsp3) is 0.432. The van der Waals surface area contributed by atoms with Crippen molar-refractivity contribution in [3.05, 3.63) is 76.9 Å². The Kier molecular flexibility index (Phi) is 8.71. The van der Waals surface area contributed by atoms with Crippen molar-refractivity contribution in [1.82, 2.24) is 4.57 Å². The molecule has 9 heteroatoms. The van der Waals surface area contributed by atoms with Gasteiger partial charge >= 0.3 is 7.12 Å². The molecule has 3 aromatic carbocycles. The first-order valence-corrected chi connectivity index (χ1v) is 20.4. The van der Waals surface area contributed by atoms with Gasteiger partial charge in [-0.15, -0.1) is 0 Å². The molecule has 2 fully saturated rings. The van der Waals surface area contributed by atoms with E-state index in [1.165, 1.54) is 0 Å². The van der Waals surface area contributed by atoms with Crippen molar-refractivity contribution in [1.29, 1.82) is 0 Å². The van der Waals surface area contributed by atoms with Gasteiger partial charge in [-0.1, -0.05) is 73.7 Å². The number of benzene rings is 3. The van der Waals surface area contributed by atoms with Crippen molar-refractivity contribution in [2.45, 2.75) is 96.2 Å². The molecule has 0 atom stereocenters. The van der Waals surface area contributed by atoms with E-state index in [0.717, 1.165) is 70.3 Å². The van der Waals surface area contributed by atoms with Crippen molar-refractivity contribution in [2.75, 3.05) is 6.61 Å². The number of aromatic nitrogens is 1. The second-order valence-electron chi connectivity index (χ2n) is 15.2. The van der Waals surface area contributed by atoms with E-state index >= 15 is 0 Å². The smallest absolute Gasteiger partial charge is 0.399 e. The van der Waals surface area contributed by atoms with Crippen molar-refractivity contribution < 1.29 is 23.9 Å². The molecule has 2 aliphatic rings. The first kappa shape index (κ1) is 33.2. The lowest BCUT2D eigenvalue weighted by Gasteiger charge is -2.37. The van der Waals surface area contributed by atoms with E-state index in [0.29, 0.717) is 29.4 Å². The maximum absolute atomic E-state index is 12.2. The zero-order chi connectivity index (χ0) is 33.1. The highest BCUT2D eigenvalue weighted by Gasteiger charge is 2.52. The lowest BCUT2D eigenvalue weighted by Crippen LogP contribution is -2.41. The molecule has 242 valence electrons. The summed E-state index contributed by atoms with van der Waals surface area (Å²) in [4.78, 5) is 12.2. The second-order valence-corrected chi connectivity index (χ2v) is 21.3. The average molecular weight is 658 g/mol. The van der Waals surface area contributed by atoms with Crippen LogP contribution in [0.25, 0.3) is 33.2 Å². The Morgan fingerprint density at radius 2 is 1.61 bits per heavy atom. The minimum atomic E-state index is -1.24. The predicted octanol–water partition coefficient (Wildman–Crippen LogP) is 8.42. The highest BCUT2D eigenvalue weighted by atomic mass is 35.5. The van der Waals surface area contributed by atoms with Gasteiger partial charge in [0.25, 0.3) is 0 Å². The first-order valence-electron chi connectivity index (χ1n) is 16.3. The summed E-state index contributed by atoms with van der Waals surface area (Å²) in [6, 6.07) is 19.2. The van der Waals surface area contributed by atoms with Crippen LogP contribution in [0.4, 0.5) is 0 Å². The molecule has 4 aromatic rings. The van der Waals surface area contributed by atoms with Crippen molar-refractivity contribution >= 4 is 49.4 Å². The van der Waals surface area contributed by atoms with E-state index in [9.17, 15) is 9.90 Å². The Balaban J connectivity index is 1.43. The van der Waals surface area contributed by atoms with Gasteiger partial charge < -0.3 is 23.7 Å². The number of ether oxygens (including phenoxy) is 1. The molecule has 1 aromatic heterocycles. The van der Waals surface area contributed by atoms with Crippen LogP contribution in [0, 0.1) is 0 Å². The lowest BCUT2D eigenvalue weighted by atomic mass is 9.75. The van der Waals surface area contributed by atoms with Crippen LogP contribution in [-0.4, -0.2) is 49.0 Å². The first-order chi connectivity index (χ1) is 21.6. The maximum Gasteiger partial charge on any atom is 0.495 e. The average Bonchev–Trinajstić information content (AvgIpc) is 3.44. The molecular weight excluding hydrogens is 613 g/mol. The van der Waals surface area contributed by atoms with Gasteiger partial charge in [0.2, 0.25) is 0 Å². The maximum atomic E-state index is 12.2. The van der Waals surface area contributed by atoms with E-state index in [4.69, 9.17) is 25.6 Å². The zero-order valence-electron chi connectivity index (χ0n) is 28.1. The molecule has 2 heterocycles. The summed E-state index contributed by atoms with van der Waals surface area (Å²) in [6.07, 6.45) is 5.62. The Hall–Kier alpha value is -2.72. The highest BCUT2D eigenvalue weighted by molar-refractivity contribution is 6.76. The molecule has 0 radical (unpaired) electrons. The van der Waals surface area contributed by atoms with Gasteiger partial charge in [0.05, 0.1) is 27.3 Å². The largest absolute Gasteiger partial charge is 0.495 e.